The van der Waals surface area contributed by atoms with Gasteiger partial charge in [-0.2, -0.15) is 0 Å². The van der Waals surface area contributed by atoms with E-state index in [1.54, 1.807) is 31.5 Å². The predicted octanol–water partition coefficient (Wildman–Crippen LogP) is 1.98. The highest BCUT2D eigenvalue weighted by Gasteiger charge is 2.12. The predicted molar refractivity (Wildman–Crippen MR) is 72.1 cm³/mol. The van der Waals surface area contributed by atoms with Gasteiger partial charge >= 0.3 is 5.97 Å². The van der Waals surface area contributed by atoms with E-state index in [1.165, 1.54) is 6.20 Å². The fourth-order valence-electron chi connectivity index (χ4n) is 1.50. The molecule has 0 unspecified atom stereocenters. The molecule has 2 aromatic heterocycles. The van der Waals surface area contributed by atoms with Gasteiger partial charge in [0.05, 0.1) is 35.9 Å². The van der Waals surface area contributed by atoms with Crippen molar-refractivity contribution in [3.63, 3.8) is 0 Å². The van der Waals surface area contributed by atoms with Crippen LogP contribution < -0.4 is 11.1 Å². The number of carbonyl (C=O) groups is 1. The Bertz CT molecular complexity index is 572. The van der Waals surface area contributed by atoms with Crippen LogP contribution in [0.1, 0.15) is 17.3 Å². The molecule has 0 aliphatic heterocycles. The van der Waals surface area contributed by atoms with E-state index in [0.717, 1.165) is 5.69 Å². The first-order valence-electron chi connectivity index (χ1n) is 5.80. The number of nitrogens with two attached hydrogens (primary N) is 1. The summed E-state index contributed by atoms with van der Waals surface area (Å²) in [6.45, 7) is 2.04. The van der Waals surface area contributed by atoms with E-state index in [9.17, 15) is 4.79 Å². The first-order valence-corrected chi connectivity index (χ1v) is 5.80. The van der Waals surface area contributed by atoms with Gasteiger partial charge in [0.1, 0.15) is 5.82 Å². The van der Waals surface area contributed by atoms with E-state index in [4.69, 9.17) is 10.5 Å². The lowest BCUT2D eigenvalue weighted by molar-refractivity contribution is 0.0527. The highest BCUT2D eigenvalue weighted by Crippen LogP contribution is 2.19. The SMILES string of the molecule is CCOC(=O)c1cc(Nc2cccnc2)ncc1N. The van der Waals surface area contributed by atoms with Crippen molar-refractivity contribution in [1.82, 2.24) is 9.97 Å². The Kier molecular flexibility index (Phi) is 3.92. The van der Waals surface area contributed by atoms with Crippen LogP contribution >= 0.6 is 0 Å². The first kappa shape index (κ1) is 12.8. The molecule has 0 radical (unpaired) electrons. The molecule has 19 heavy (non-hydrogen) atoms. The number of nitrogens with one attached hydrogen (secondary N) is 1. The molecule has 0 aliphatic rings. The van der Waals surface area contributed by atoms with E-state index in [-0.39, 0.29) is 5.69 Å². The lowest BCUT2D eigenvalue weighted by Gasteiger charge is -2.09. The van der Waals surface area contributed by atoms with Crippen molar-refractivity contribution in [2.24, 2.45) is 0 Å². The second-order valence-electron chi connectivity index (χ2n) is 3.74. The van der Waals surface area contributed by atoms with E-state index in [2.05, 4.69) is 15.3 Å². The standard InChI is InChI=1S/C13H14N4O2/c1-2-19-13(18)10-6-12(16-8-11(10)14)17-9-4-3-5-15-7-9/h3-8H,2,14H2,1H3,(H,16,17). The average Bonchev–Trinajstić information content (AvgIpc) is 2.42. The molecule has 0 saturated carbocycles. The van der Waals surface area contributed by atoms with Crippen LogP contribution in [0.5, 0.6) is 0 Å². The molecule has 0 spiro atoms. The van der Waals surface area contributed by atoms with Crippen molar-refractivity contribution < 1.29 is 9.53 Å². The fraction of sp³-hybridized carbons (Fsp3) is 0.154. The number of rotatable bonds is 4. The number of carbonyl (C=O) groups excluding carboxylic acids is 1. The van der Waals surface area contributed by atoms with Crippen molar-refractivity contribution in [3.05, 3.63) is 42.4 Å². The van der Waals surface area contributed by atoms with Gasteiger partial charge in [-0.05, 0) is 25.1 Å². The van der Waals surface area contributed by atoms with Gasteiger partial charge in [-0.25, -0.2) is 9.78 Å². The number of nitrogens with zero attached hydrogens (tertiary/aromatic N) is 2. The van der Waals surface area contributed by atoms with Crippen LogP contribution in [0.4, 0.5) is 17.2 Å². The summed E-state index contributed by atoms with van der Waals surface area (Å²) in [5.41, 5.74) is 7.07. The molecule has 3 N–H and O–H groups in total. The third kappa shape index (κ3) is 3.19. The number of anilines is 3. The molecule has 6 nitrogen and oxygen atoms in total. The van der Waals surface area contributed by atoms with Gasteiger partial charge in [0, 0.05) is 6.20 Å². The third-order valence-corrected chi connectivity index (χ3v) is 2.36. The molecular weight excluding hydrogens is 244 g/mol. The number of aromatic nitrogens is 2. The average molecular weight is 258 g/mol. The normalized spacial score (nSPS) is 9.95. The zero-order valence-corrected chi connectivity index (χ0v) is 10.5. The van der Waals surface area contributed by atoms with Crippen LogP contribution in [-0.4, -0.2) is 22.5 Å². The summed E-state index contributed by atoms with van der Waals surface area (Å²) >= 11 is 0. The fourth-order valence-corrected chi connectivity index (χ4v) is 1.50. The van der Waals surface area contributed by atoms with Crippen molar-refractivity contribution in [2.45, 2.75) is 6.92 Å². The summed E-state index contributed by atoms with van der Waals surface area (Å²) in [6.07, 6.45) is 4.75. The van der Waals surface area contributed by atoms with Gasteiger partial charge in [0.15, 0.2) is 0 Å². The number of hydrogen-bond donors (Lipinski definition) is 2. The molecule has 0 atom stereocenters. The van der Waals surface area contributed by atoms with E-state index >= 15 is 0 Å². The number of esters is 1. The Hall–Kier alpha value is -2.63. The Morgan fingerprint density at radius 2 is 2.32 bits per heavy atom. The summed E-state index contributed by atoms with van der Waals surface area (Å²) in [5.74, 6) is 0.0434. The molecule has 0 aliphatic carbocycles. The van der Waals surface area contributed by atoms with Crippen LogP contribution in [0, 0.1) is 0 Å². The van der Waals surface area contributed by atoms with Crippen LogP contribution in [0.3, 0.4) is 0 Å². The van der Waals surface area contributed by atoms with E-state index in [1.807, 2.05) is 6.07 Å². The Balaban J connectivity index is 2.23. The largest absolute Gasteiger partial charge is 0.462 e. The number of pyridine rings is 2. The van der Waals surface area contributed by atoms with Gasteiger partial charge < -0.3 is 15.8 Å². The quantitative estimate of drug-likeness (QED) is 0.815. The maximum absolute atomic E-state index is 11.7. The van der Waals surface area contributed by atoms with E-state index in [0.29, 0.717) is 18.0 Å². The summed E-state index contributed by atoms with van der Waals surface area (Å²) in [5, 5.41) is 3.03. The molecule has 0 saturated heterocycles. The maximum Gasteiger partial charge on any atom is 0.340 e. The Morgan fingerprint density at radius 3 is 3.00 bits per heavy atom. The smallest absolute Gasteiger partial charge is 0.340 e. The molecule has 2 heterocycles. The molecule has 2 aromatic rings. The van der Waals surface area contributed by atoms with Crippen molar-refractivity contribution in [2.75, 3.05) is 17.7 Å². The molecular formula is C13H14N4O2. The second-order valence-corrected chi connectivity index (χ2v) is 3.74. The monoisotopic (exact) mass is 258 g/mol. The van der Waals surface area contributed by atoms with Gasteiger partial charge in [-0.15, -0.1) is 0 Å². The molecule has 0 fully saturated rings. The highest BCUT2D eigenvalue weighted by molar-refractivity contribution is 5.95. The summed E-state index contributed by atoms with van der Waals surface area (Å²) in [7, 11) is 0. The minimum atomic E-state index is -0.461. The zero-order chi connectivity index (χ0) is 13.7. The molecule has 2 rings (SSSR count). The van der Waals surface area contributed by atoms with Crippen molar-refractivity contribution >= 4 is 23.2 Å². The van der Waals surface area contributed by atoms with E-state index < -0.39 is 5.97 Å². The minimum Gasteiger partial charge on any atom is -0.462 e. The maximum atomic E-state index is 11.7. The molecule has 6 heteroatoms. The van der Waals surface area contributed by atoms with Crippen molar-refractivity contribution in [1.29, 1.82) is 0 Å². The highest BCUT2D eigenvalue weighted by atomic mass is 16.5. The van der Waals surface area contributed by atoms with Crippen molar-refractivity contribution in [3.8, 4) is 0 Å². The van der Waals surface area contributed by atoms with Crippen LogP contribution in [0.15, 0.2) is 36.8 Å². The molecule has 0 aromatic carbocycles. The minimum absolute atomic E-state index is 0.287. The van der Waals surface area contributed by atoms with Crippen LogP contribution in [0.25, 0.3) is 0 Å². The van der Waals surface area contributed by atoms with Gasteiger partial charge in [-0.1, -0.05) is 0 Å². The van der Waals surface area contributed by atoms with Gasteiger partial charge in [-0.3, -0.25) is 4.98 Å². The number of ether oxygens (including phenoxy) is 1. The molecule has 98 valence electrons. The molecule has 0 bridgehead atoms. The topological polar surface area (TPSA) is 90.1 Å². The van der Waals surface area contributed by atoms with Gasteiger partial charge in [0.25, 0.3) is 0 Å². The lowest BCUT2D eigenvalue weighted by Crippen LogP contribution is -2.09. The van der Waals surface area contributed by atoms with Crippen LogP contribution in [0.2, 0.25) is 0 Å². The lowest BCUT2D eigenvalue weighted by atomic mass is 10.2. The second kappa shape index (κ2) is 5.81. The number of nitrogen functional groups attached to an aromatic ring is 1. The third-order valence-electron chi connectivity index (χ3n) is 2.36. The Morgan fingerprint density at radius 1 is 1.47 bits per heavy atom. The summed E-state index contributed by atoms with van der Waals surface area (Å²) < 4.78 is 4.93. The first-order chi connectivity index (χ1) is 9.20. The summed E-state index contributed by atoms with van der Waals surface area (Å²) in [6, 6.07) is 5.20. The number of hydrogen-bond acceptors (Lipinski definition) is 6. The summed E-state index contributed by atoms with van der Waals surface area (Å²) in [4.78, 5) is 19.8. The zero-order valence-electron chi connectivity index (χ0n) is 10.5. The van der Waals surface area contributed by atoms with Crippen LogP contribution in [-0.2, 0) is 4.74 Å². The Labute approximate surface area is 110 Å². The molecule has 0 amide bonds. The van der Waals surface area contributed by atoms with Gasteiger partial charge in [0.2, 0.25) is 0 Å².